The number of rotatable bonds is 4. The van der Waals surface area contributed by atoms with Gasteiger partial charge in [0.2, 0.25) is 0 Å². The molecule has 0 aliphatic carbocycles. The molecule has 7 nitrogen and oxygen atoms in total. The second-order valence-electron chi connectivity index (χ2n) is 9.74. The number of allylic oxidation sites excluding steroid dienone is 2. The number of esters is 1. The number of amides is 1. The van der Waals surface area contributed by atoms with Crippen LogP contribution in [0.3, 0.4) is 0 Å². The molecule has 4 rings (SSSR count). The van der Waals surface area contributed by atoms with E-state index in [0.29, 0.717) is 35.6 Å². The summed E-state index contributed by atoms with van der Waals surface area (Å²) in [6, 6.07) is 7.97. The summed E-state index contributed by atoms with van der Waals surface area (Å²) in [6.45, 7) is 9.70. The minimum absolute atomic E-state index is 0.0996. The molecule has 1 saturated heterocycles. The lowest BCUT2D eigenvalue weighted by Gasteiger charge is -2.43. The van der Waals surface area contributed by atoms with Gasteiger partial charge in [0.15, 0.2) is 5.78 Å². The molecule has 1 aromatic heterocycles. The Kier molecular flexibility index (Phi) is 6.29. The van der Waals surface area contributed by atoms with Crippen LogP contribution in [0.2, 0.25) is 0 Å². The first-order valence-electron chi connectivity index (χ1n) is 11.3. The number of fused-ring (bicyclic) bond motifs is 1. The maximum Gasteiger partial charge on any atom is 0.410 e. The van der Waals surface area contributed by atoms with Gasteiger partial charge < -0.3 is 19.7 Å². The number of likely N-dealkylation sites (tertiary alicyclic amines) is 1. The zero-order valence-electron chi connectivity index (χ0n) is 20.4. The summed E-state index contributed by atoms with van der Waals surface area (Å²) in [5, 5.41) is 6.35. The smallest absolute Gasteiger partial charge is 0.410 e. The fraction of sp³-hybridized carbons (Fsp3) is 0.423. The highest BCUT2D eigenvalue weighted by atomic mass is 32.1. The first-order valence-corrected chi connectivity index (χ1v) is 12.1. The molecular formula is C26H30N2O5S. The molecule has 2 aliphatic heterocycles. The molecule has 0 saturated carbocycles. The van der Waals surface area contributed by atoms with Gasteiger partial charge in [-0.1, -0.05) is 18.2 Å². The number of carbonyl (C=O) groups excluding carboxylic acids is 3. The van der Waals surface area contributed by atoms with E-state index in [9.17, 15) is 14.4 Å². The number of dihydropyridines is 1. The summed E-state index contributed by atoms with van der Waals surface area (Å²) in [6.07, 6.45) is -0.378. The van der Waals surface area contributed by atoms with Crippen LogP contribution in [-0.2, 0) is 19.1 Å². The topological polar surface area (TPSA) is 84.9 Å². The van der Waals surface area contributed by atoms with Crippen LogP contribution in [0, 0.1) is 5.92 Å². The Bertz CT molecular complexity index is 1230. The predicted molar refractivity (Wildman–Crippen MR) is 131 cm³/mol. The normalized spacial score (nSPS) is 19.1. The zero-order valence-corrected chi connectivity index (χ0v) is 21.2. The van der Waals surface area contributed by atoms with Crippen LogP contribution in [0.1, 0.15) is 46.1 Å². The van der Waals surface area contributed by atoms with Crippen LogP contribution in [0.4, 0.5) is 4.79 Å². The Morgan fingerprint density at radius 2 is 1.79 bits per heavy atom. The van der Waals surface area contributed by atoms with Gasteiger partial charge in [-0.05, 0) is 57.0 Å². The Morgan fingerprint density at radius 3 is 2.41 bits per heavy atom. The number of methoxy groups -OCH3 is 1. The van der Waals surface area contributed by atoms with Crippen molar-refractivity contribution in [2.24, 2.45) is 5.92 Å². The minimum atomic E-state index is -0.581. The maximum atomic E-state index is 13.2. The molecule has 0 bridgehead atoms. The standard InChI is InChI=1S/C26H30N2O5S/c1-14-20(15(2)29)21(18-13-34-19-10-8-7-9-17(18)19)22(24(30)32-6)23(27-14)16-11-28(12-16)25(31)33-26(3,4)5/h7-10,13,16,21,27H,11-12H2,1-6H3. The molecule has 1 N–H and O–H groups in total. The number of Topliss-reactive ketones (excluding diaryl/α,β-unsaturated/α-hetero) is 1. The van der Waals surface area contributed by atoms with E-state index in [0.717, 1.165) is 15.6 Å². The van der Waals surface area contributed by atoms with Crippen molar-refractivity contribution < 1.29 is 23.9 Å². The van der Waals surface area contributed by atoms with Crippen LogP contribution in [-0.4, -0.2) is 48.5 Å². The van der Waals surface area contributed by atoms with E-state index < -0.39 is 17.5 Å². The van der Waals surface area contributed by atoms with Gasteiger partial charge in [0.05, 0.1) is 12.7 Å². The molecule has 1 unspecified atom stereocenters. The van der Waals surface area contributed by atoms with Gasteiger partial charge in [0.1, 0.15) is 5.60 Å². The molecule has 34 heavy (non-hydrogen) atoms. The molecule has 1 aromatic carbocycles. The van der Waals surface area contributed by atoms with Gasteiger partial charge in [-0.3, -0.25) is 4.79 Å². The maximum absolute atomic E-state index is 13.2. The van der Waals surface area contributed by atoms with Gasteiger partial charge >= 0.3 is 12.1 Å². The molecule has 180 valence electrons. The second kappa shape index (κ2) is 8.91. The zero-order chi connectivity index (χ0) is 24.8. The van der Waals surface area contributed by atoms with E-state index in [1.807, 2.05) is 57.3 Å². The van der Waals surface area contributed by atoms with Gasteiger partial charge in [0.25, 0.3) is 0 Å². The number of carbonyl (C=O) groups is 3. The van der Waals surface area contributed by atoms with Crippen molar-refractivity contribution in [3.8, 4) is 0 Å². The van der Waals surface area contributed by atoms with Gasteiger partial charge in [-0.15, -0.1) is 11.3 Å². The Labute approximate surface area is 203 Å². The number of benzene rings is 1. The van der Waals surface area contributed by atoms with Crippen LogP contribution >= 0.6 is 11.3 Å². The lowest BCUT2D eigenvalue weighted by Crippen LogP contribution is -2.54. The molecular weight excluding hydrogens is 452 g/mol. The van der Waals surface area contributed by atoms with E-state index >= 15 is 0 Å². The van der Waals surface area contributed by atoms with Crippen LogP contribution in [0.25, 0.3) is 10.1 Å². The van der Waals surface area contributed by atoms with Crippen LogP contribution in [0.15, 0.2) is 52.2 Å². The molecule has 1 atom stereocenters. The van der Waals surface area contributed by atoms with Crippen molar-refractivity contribution in [3.63, 3.8) is 0 Å². The first kappa shape index (κ1) is 24.0. The quantitative estimate of drug-likeness (QED) is 0.634. The van der Waals surface area contributed by atoms with Crippen molar-refractivity contribution in [1.82, 2.24) is 10.2 Å². The largest absolute Gasteiger partial charge is 0.466 e. The van der Waals surface area contributed by atoms with E-state index in [2.05, 4.69) is 5.32 Å². The van der Waals surface area contributed by atoms with E-state index in [1.165, 1.54) is 14.0 Å². The molecule has 1 amide bonds. The fourth-order valence-electron chi connectivity index (χ4n) is 4.65. The average Bonchev–Trinajstić information content (AvgIpc) is 3.14. The summed E-state index contributed by atoms with van der Waals surface area (Å²) in [5.74, 6) is -1.23. The summed E-state index contributed by atoms with van der Waals surface area (Å²) in [4.78, 5) is 40.1. The third-order valence-electron chi connectivity index (χ3n) is 6.14. The molecule has 1 fully saturated rings. The molecule has 0 spiro atoms. The Balaban J connectivity index is 1.78. The van der Waals surface area contributed by atoms with Crippen LogP contribution in [0.5, 0.6) is 0 Å². The first-order chi connectivity index (χ1) is 16.0. The van der Waals surface area contributed by atoms with Crippen LogP contribution < -0.4 is 5.32 Å². The highest BCUT2D eigenvalue weighted by Gasteiger charge is 2.44. The van der Waals surface area contributed by atoms with E-state index in [-0.39, 0.29) is 17.8 Å². The fourth-order valence-corrected chi connectivity index (χ4v) is 5.64. The minimum Gasteiger partial charge on any atom is -0.466 e. The highest BCUT2D eigenvalue weighted by Crippen LogP contribution is 2.45. The summed E-state index contributed by atoms with van der Waals surface area (Å²) in [5.41, 5.74) is 2.72. The predicted octanol–water partition coefficient (Wildman–Crippen LogP) is 4.75. The SMILES string of the molecule is COC(=O)C1=C(C2CN(C(=O)OC(C)(C)C)C2)NC(C)=C(C(C)=O)C1c1csc2ccccc12. The van der Waals surface area contributed by atoms with Gasteiger partial charge in [-0.2, -0.15) is 0 Å². The lowest BCUT2D eigenvalue weighted by molar-refractivity contribution is -0.136. The number of nitrogens with zero attached hydrogens (tertiary/aromatic N) is 1. The molecule has 2 aliphatic rings. The van der Waals surface area contributed by atoms with Crippen molar-refractivity contribution in [3.05, 3.63) is 57.7 Å². The summed E-state index contributed by atoms with van der Waals surface area (Å²) < 4.78 is 11.8. The summed E-state index contributed by atoms with van der Waals surface area (Å²) >= 11 is 1.58. The molecule has 8 heteroatoms. The van der Waals surface area contributed by atoms with Crippen molar-refractivity contribution in [1.29, 1.82) is 0 Å². The van der Waals surface area contributed by atoms with Gasteiger partial charge in [0, 0.05) is 46.6 Å². The van der Waals surface area contributed by atoms with Gasteiger partial charge in [-0.25, -0.2) is 9.59 Å². The third kappa shape index (κ3) is 4.34. The number of ketones is 1. The van der Waals surface area contributed by atoms with E-state index in [4.69, 9.17) is 9.47 Å². The highest BCUT2D eigenvalue weighted by molar-refractivity contribution is 7.17. The lowest BCUT2D eigenvalue weighted by atomic mass is 9.76. The van der Waals surface area contributed by atoms with Crippen molar-refractivity contribution in [2.75, 3.05) is 20.2 Å². The Hall–Kier alpha value is -3.13. The van der Waals surface area contributed by atoms with Crippen molar-refractivity contribution >= 4 is 39.3 Å². The monoisotopic (exact) mass is 482 g/mol. The van der Waals surface area contributed by atoms with E-state index in [1.54, 1.807) is 16.2 Å². The molecule has 3 heterocycles. The number of thiophene rings is 1. The summed E-state index contributed by atoms with van der Waals surface area (Å²) in [7, 11) is 1.35. The molecule has 0 radical (unpaired) electrons. The third-order valence-corrected chi connectivity index (χ3v) is 7.12. The molecule has 2 aromatic rings. The number of hydrogen-bond donors (Lipinski definition) is 1. The Morgan fingerprint density at radius 1 is 1.12 bits per heavy atom. The second-order valence-corrected chi connectivity index (χ2v) is 10.7. The van der Waals surface area contributed by atoms with Crippen molar-refractivity contribution in [2.45, 2.75) is 46.1 Å². The number of nitrogens with one attached hydrogen (secondary N) is 1. The number of ether oxygens (including phenoxy) is 2. The number of hydrogen-bond acceptors (Lipinski definition) is 7. The average molecular weight is 483 g/mol.